The van der Waals surface area contributed by atoms with Crippen LogP contribution in [0.4, 0.5) is 0 Å². The molecule has 0 fully saturated rings. The second kappa shape index (κ2) is 8.61. The SMILES string of the molecule is S=P(c1ccccc1)(c1ccccc1)c1ccc2c(ccc3c4ccccc4n4c5ccccc5nc4c23)c1. The zero-order valence-corrected chi connectivity index (χ0v) is 22.7. The summed E-state index contributed by atoms with van der Waals surface area (Å²) in [4.78, 5) is 5.16. The van der Waals surface area contributed by atoms with Gasteiger partial charge in [-0.2, -0.15) is 0 Å². The first-order valence-electron chi connectivity index (χ1n) is 13.1. The molecule has 0 saturated heterocycles. The van der Waals surface area contributed by atoms with Gasteiger partial charge in [0.2, 0.25) is 0 Å². The maximum Gasteiger partial charge on any atom is 0.147 e. The van der Waals surface area contributed by atoms with Crippen LogP contribution in [0.1, 0.15) is 0 Å². The molecule has 0 aliphatic heterocycles. The molecule has 4 heteroatoms. The minimum absolute atomic E-state index is 0.994. The van der Waals surface area contributed by atoms with Crippen LogP contribution in [0.25, 0.3) is 49.1 Å². The van der Waals surface area contributed by atoms with Crippen LogP contribution in [0.5, 0.6) is 0 Å². The van der Waals surface area contributed by atoms with Gasteiger partial charge in [0, 0.05) is 16.8 Å². The highest BCUT2D eigenvalue weighted by molar-refractivity contribution is 8.25. The van der Waals surface area contributed by atoms with E-state index in [4.69, 9.17) is 16.8 Å². The van der Waals surface area contributed by atoms with E-state index in [0.29, 0.717) is 0 Å². The number of imidazole rings is 1. The van der Waals surface area contributed by atoms with Crippen molar-refractivity contribution >= 4 is 82.9 Å². The molecule has 2 nitrogen and oxygen atoms in total. The predicted octanol–water partition coefficient (Wildman–Crippen LogP) is 7.70. The van der Waals surface area contributed by atoms with Crippen LogP contribution >= 0.6 is 6.04 Å². The Balaban J connectivity index is 1.48. The molecule has 0 atom stereocenters. The minimum Gasteiger partial charge on any atom is -0.292 e. The zero-order chi connectivity index (χ0) is 26.0. The molecular formula is C35H23N2PS. The van der Waals surface area contributed by atoms with Gasteiger partial charge in [0.25, 0.3) is 0 Å². The summed E-state index contributed by atoms with van der Waals surface area (Å²) >= 11 is 6.64. The lowest BCUT2D eigenvalue weighted by molar-refractivity contribution is 1.32. The Morgan fingerprint density at radius 3 is 1.87 bits per heavy atom. The number of fused-ring (bicyclic) bond motifs is 10. The highest BCUT2D eigenvalue weighted by Crippen LogP contribution is 2.44. The minimum atomic E-state index is -2.24. The van der Waals surface area contributed by atoms with E-state index in [1.165, 1.54) is 48.4 Å². The third-order valence-electron chi connectivity index (χ3n) is 7.83. The van der Waals surface area contributed by atoms with E-state index in [9.17, 15) is 0 Å². The van der Waals surface area contributed by atoms with E-state index in [2.05, 4.69) is 144 Å². The van der Waals surface area contributed by atoms with Crippen LogP contribution in [-0.4, -0.2) is 9.38 Å². The molecule has 0 N–H and O–H groups in total. The summed E-state index contributed by atoms with van der Waals surface area (Å²) < 4.78 is 2.32. The molecule has 0 radical (unpaired) electrons. The van der Waals surface area contributed by atoms with Crippen LogP contribution in [0, 0.1) is 0 Å². The van der Waals surface area contributed by atoms with Crippen LogP contribution in [0.2, 0.25) is 0 Å². The first kappa shape index (κ1) is 22.7. The molecule has 0 spiro atoms. The lowest BCUT2D eigenvalue weighted by Crippen LogP contribution is -2.24. The lowest BCUT2D eigenvalue weighted by Gasteiger charge is -2.24. The summed E-state index contributed by atoms with van der Waals surface area (Å²) in [6.07, 6.45) is 0. The van der Waals surface area contributed by atoms with Gasteiger partial charge in [0.1, 0.15) is 5.65 Å². The third-order valence-corrected chi connectivity index (χ3v) is 12.8. The Morgan fingerprint density at radius 1 is 0.513 bits per heavy atom. The summed E-state index contributed by atoms with van der Waals surface area (Å²) in [5, 5.41) is 9.63. The molecule has 0 saturated carbocycles. The summed E-state index contributed by atoms with van der Waals surface area (Å²) in [5.41, 5.74) is 4.30. The Morgan fingerprint density at radius 2 is 1.13 bits per heavy atom. The highest BCUT2D eigenvalue weighted by atomic mass is 32.4. The van der Waals surface area contributed by atoms with Crippen molar-refractivity contribution in [1.82, 2.24) is 9.38 Å². The summed E-state index contributed by atoms with van der Waals surface area (Å²) in [5.74, 6) is 0. The Bertz CT molecular complexity index is 2210. The number of para-hydroxylation sites is 3. The van der Waals surface area contributed by atoms with E-state index in [-0.39, 0.29) is 0 Å². The summed E-state index contributed by atoms with van der Waals surface area (Å²) in [6, 6.07) is 47.4. The van der Waals surface area contributed by atoms with Gasteiger partial charge in [-0.25, -0.2) is 4.98 Å². The van der Waals surface area contributed by atoms with E-state index >= 15 is 0 Å². The molecule has 2 heterocycles. The number of pyridine rings is 1. The van der Waals surface area contributed by atoms with Crippen molar-refractivity contribution in [2.75, 3.05) is 0 Å². The van der Waals surface area contributed by atoms with E-state index in [1.807, 2.05) is 0 Å². The third kappa shape index (κ3) is 3.27. The van der Waals surface area contributed by atoms with Gasteiger partial charge in [-0.1, -0.05) is 127 Å². The molecule has 0 aliphatic rings. The first-order valence-corrected chi connectivity index (χ1v) is 15.9. The molecule has 0 aliphatic carbocycles. The van der Waals surface area contributed by atoms with Gasteiger partial charge in [0.05, 0.1) is 16.6 Å². The molecule has 8 rings (SSSR count). The summed E-state index contributed by atoms with van der Waals surface area (Å²) in [7, 11) is 0. The molecule has 39 heavy (non-hydrogen) atoms. The van der Waals surface area contributed by atoms with E-state index in [1.54, 1.807) is 0 Å². The van der Waals surface area contributed by atoms with Gasteiger partial charge in [-0.3, -0.25) is 4.40 Å². The maximum atomic E-state index is 6.64. The predicted molar refractivity (Wildman–Crippen MR) is 171 cm³/mol. The number of benzene rings is 6. The standard InChI is InChI=1S/C35H23N2PS/c39-38(25-11-3-1-4-12-25,26-13-5-2-6-14-26)27-20-22-28-24(23-27)19-21-30-29-15-7-9-17-32(29)37-33-18-10-8-16-31(33)36-35(37)34(28)30/h1-23H. The molecule has 0 unspecified atom stereocenters. The Kier molecular flexibility index (Phi) is 5.00. The van der Waals surface area contributed by atoms with Gasteiger partial charge in [0.15, 0.2) is 0 Å². The molecule has 8 aromatic rings. The van der Waals surface area contributed by atoms with Crippen LogP contribution < -0.4 is 15.9 Å². The normalized spacial score (nSPS) is 12.2. The Labute approximate surface area is 231 Å². The Hall–Kier alpha value is -4.30. The molecule has 2 aromatic heterocycles. The molecule has 184 valence electrons. The first-order chi connectivity index (χ1) is 19.2. The largest absolute Gasteiger partial charge is 0.292 e. The molecule has 6 aromatic carbocycles. The van der Waals surface area contributed by atoms with Crippen LogP contribution in [0.3, 0.4) is 0 Å². The number of rotatable bonds is 3. The number of hydrogen-bond donors (Lipinski definition) is 0. The molecule has 0 amide bonds. The number of hydrogen-bond acceptors (Lipinski definition) is 2. The topological polar surface area (TPSA) is 17.3 Å². The fourth-order valence-electron chi connectivity index (χ4n) is 6.04. The van der Waals surface area contributed by atoms with Crippen molar-refractivity contribution in [3.8, 4) is 0 Å². The molecule has 0 bridgehead atoms. The van der Waals surface area contributed by atoms with Crippen LogP contribution in [-0.2, 0) is 11.8 Å². The van der Waals surface area contributed by atoms with Crippen molar-refractivity contribution in [2.45, 2.75) is 0 Å². The van der Waals surface area contributed by atoms with Gasteiger partial charge < -0.3 is 0 Å². The number of nitrogens with zero attached hydrogens (tertiary/aromatic N) is 2. The second-order valence-electron chi connectivity index (χ2n) is 9.95. The van der Waals surface area contributed by atoms with E-state index < -0.39 is 6.04 Å². The quantitative estimate of drug-likeness (QED) is 0.171. The number of aromatic nitrogens is 2. The van der Waals surface area contributed by atoms with Gasteiger partial charge >= 0.3 is 0 Å². The van der Waals surface area contributed by atoms with E-state index in [0.717, 1.165) is 16.7 Å². The highest BCUT2D eigenvalue weighted by Gasteiger charge is 2.25. The lowest BCUT2D eigenvalue weighted by atomic mass is 9.99. The maximum absolute atomic E-state index is 6.64. The van der Waals surface area contributed by atoms with Crippen molar-refractivity contribution < 1.29 is 0 Å². The van der Waals surface area contributed by atoms with Crippen molar-refractivity contribution in [3.05, 3.63) is 140 Å². The monoisotopic (exact) mass is 534 g/mol. The molecular weight excluding hydrogens is 511 g/mol. The fraction of sp³-hybridized carbons (Fsp3) is 0. The van der Waals surface area contributed by atoms with Crippen molar-refractivity contribution in [3.63, 3.8) is 0 Å². The smallest absolute Gasteiger partial charge is 0.147 e. The fourth-order valence-corrected chi connectivity index (χ4v) is 9.79. The summed E-state index contributed by atoms with van der Waals surface area (Å²) in [6.45, 7) is 0. The average Bonchev–Trinajstić information content (AvgIpc) is 3.41. The van der Waals surface area contributed by atoms with Crippen LogP contribution in [0.15, 0.2) is 140 Å². The van der Waals surface area contributed by atoms with Gasteiger partial charge in [-0.05, 0) is 56.3 Å². The average molecular weight is 535 g/mol. The van der Waals surface area contributed by atoms with Gasteiger partial charge in [-0.15, -0.1) is 0 Å². The zero-order valence-electron chi connectivity index (χ0n) is 21.0. The van der Waals surface area contributed by atoms with Crippen molar-refractivity contribution in [2.24, 2.45) is 0 Å². The van der Waals surface area contributed by atoms with Crippen molar-refractivity contribution in [1.29, 1.82) is 0 Å². The second-order valence-corrected chi connectivity index (χ2v) is 14.4.